The van der Waals surface area contributed by atoms with Gasteiger partial charge in [0, 0.05) is 21.4 Å². The van der Waals surface area contributed by atoms with Crippen molar-refractivity contribution >= 4 is 67.3 Å². The van der Waals surface area contributed by atoms with Crippen LogP contribution in [0.1, 0.15) is 5.56 Å². The van der Waals surface area contributed by atoms with Gasteiger partial charge in [0.25, 0.3) is 0 Å². The number of aromatic nitrogens is 3. The Bertz CT molecular complexity index is 1250. The first-order valence-corrected chi connectivity index (χ1v) is 11.6. The van der Waals surface area contributed by atoms with Gasteiger partial charge in [0.05, 0.1) is 17.8 Å². The van der Waals surface area contributed by atoms with Crippen LogP contribution in [-0.2, 0) is 0 Å². The molecule has 1 heterocycles. The number of phenolic OH excluding ortho intramolecular Hbond substituents is 1. The van der Waals surface area contributed by atoms with Crippen LogP contribution in [0.4, 0.5) is 29.2 Å². The minimum atomic E-state index is -0.00907. The van der Waals surface area contributed by atoms with E-state index < -0.39 is 0 Å². The fourth-order valence-corrected chi connectivity index (χ4v) is 3.69. The van der Waals surface area contributed by atoms with E-state index in [1.807, 2.05) is 60.7 Å². The molecule has 0 aliphatic carbocycles. The lowest BCUT2D eigenvalue weighted by molar-refractivity contribution is 0.371. The molecule has 0 aliphatic rings. The van der Waals surface area contributed by atoms with E-state index in [1.54, 1.807) is 12.3 Å². The highest BCUT2D eigenvalue weighted by Crippen LogP contribution is 2.41. The van der Waals surface area contributed by atoms with Gasteiger partial charge >= 0.3 is 0 Å². The molecule has 9 nitrogen and oxygen atoms in total. The number of ether oxygens (including phenoxy) is 1. The number of para-hydroxylation sites is 2. The van der Waals surface area contributed by atoms with E-state index in [4.69, 9.17) is 4.74 Å². The van der Waals surface area contributed by atoms with Crippen LogP contribution >= 0.6 is 31.9 Å². The molecule has 0 aliphatic heterocycles. The SMILES string of the molecule is COc1cc(/C=N/Nc2nc(Nc3ccccc3)nc(Nc3ccccc3)n2)c(Br)c(Br)c1O. The Labute approximate surface area is 212 Å². The van der Waals surface area contributed by atoms with E-state index in [9.17, 15) is 5.11 Å². The average molecular weight is 585 g/mol. The van der Waals surface area contributed by atoms with Crippen molar-refractivity contribution in [1.82, 2.24) is 15.0 Å². The first kappa shape index (κ1) is 23.5. The highest BCUT2D eigenvalue weighted by molar-refractivity contribution is 9.13. The van der Waals surface area contributed by atoms with E-state index in [0.29, 0.717) is 32.2 Å². The summed E-state index contributed by atoms with van der Waals surface area (Å²) in [5.41, 5.74) is 5.16. The maximum absolute atomic E-state index is 10.1. The van der Waals surface area contributed by atoms with E-state index >= 15 is 0 Å². The van der Waals surface area contributed by atoms with Crippen LogP contribution in [0.3, 0.4) is 0 Å². The highest BCUT2D eigenvalue weighted by Gasteiger charge is 2.14. The molecular formula is C23H19Br2N7O2. The van der Waals surface area contributed by atoms with Gasteiger partial charge in [-0.15, -0.1) is 0 Å². The largest absolute Gasteiger partial charge is 0.503 e. The van der Waals surface area contributed by atoms with Gasteiger partial charge in [0.1, 0.15) is 0 Å². The maximum atomic E-state index is 10.1. The lowest BCUT2D eigenvalue weighted by Crippen LogP contribution is -2.07. The van der Waals surface area contributed by atoms with Crippen molar-refractivity contribution in [1.29, 1.82) is 0 Å². The molecule has 0 unspecified atom stereocenters. The van der Waals surface area contributed by atoms with Gasteiger partial charge in [0.2, 0.25) is 17.8 Å². The molecule has 0 saturated carbocycles. The number of benzene rings is 3. The Balaban J connectivity index is 1.60. The molecule has 172 valence electrons. The van der Waals surface area contributed by atoms with Crippen LogP contribution < -0.4 is 20.8 Å². The Morgan fingerprint density at radius 1 is 0.824 bits per heavy atom. The first-order chi connectivity index (χ1) is 16.5. The van der Waals surface area contributed by atoms with E-state index in [2.05, 4.69) is 68.0 Å². The van der Waals surface area contributed by atoms with E-state index in [1.165, 1.54) is 7.11 Å². The van der Waals surface area contributed by atoms with Gasteiger partial charge in [-0.2, -0.15) is 20.1 Å². The number of anilines is 5. The lowest BCUT2D eigenvalue weighted by Gasteiger charge is -2.10. The van der Waals surface area contributed by atoms with Crippen molar-refractivity contribution in [3.8, 4) is 11.5 Å². The minimum absolute atomic E-state index is 0.00907. The van der Waals surface area contributed by atoms with Gasteiger partial charge in [0.15, 0.2) is 11.5 Å². The summed E-state index contributed by atoms with van der Waals surface area (Å²) in [6, 6.07) is 20.8. The molecule has 4 rings (SSSR count). The van der Waals surface area contributed by atoms with Crippen molar-refractivity contribution < 1.29 is 9.84 Å². The van der Waals surface area contributed by atoms with Crippen LogP contribution in [0.5, 0.6) is 11.5 Å². The first-order valence-electron chi connectivity index (χ1n) is 9.97. The second-order valence-corrected chi connectivity index (χ2v) is 8.39. The van der Waals surface area contributed by atoms with Gasteiger partial charge in [-0.05, 0) is 62.2 Å². The number of halogens is 2. The number of phenols is 1. The highest BCUT2D eigenvalue weighted by atomic mass is 79.9. The molecule has 34 heavy (non-hydrogen) atoms. The Morgan fingerprint density at radius 2 is 1.35 bits per heavy atom. The van der Waals surface area contributed by atoms with Crippen LogP contribution in [-0.4, -0.2) is 33.4 Å². The van der Waals surface area contributed by atoms with Crippen molar-refractivity contribution in [2.24, 2.45) is 5.10 Å². The predicted molar refractivity (Wildman–Crippen MR) is 141 cm³/mol. The zero-order valence-electron chi connectivity index (χ0n) is 17.8. The third-order valence-electron chi connectivity index (χ3n) is 4.46. The van der Waals surface area contributed by atoms with Crippen molar-refractivity contribution in [3.05, 3.63) is 81.2 Å². The molecule has 0 saturated heterocycles. The number of rotatable bonds is 8. The molecule has 1 aromatic heterocycles. The Hall–Kier alpha value is -3.70. The summed E-state index contributed by atoms with van der Waals surface area (Å²) in [4.78, 5) is 13.3. The summed E-state index contributed by atoms with van der Waals surface area (Å²) in [7, 11) is 1.47. The van der Waals surface area contributed by atoms with Gasteiger partial charge in [-0.25, -0.2) is 5.43 Å². The molecular weight excluding hydrogens is 566 g/mol. The summed E-state index contributed by atoms with van der Waals surface area (Å²) < 4.78 is 6.27. The molecule has 0 amide bonds. The standard InChI is InChI=1S/C23H19Br2N7O2/c1-34-17-12-14(18(24)19(25)20(17)33)13-26-32-23-30-21(27-15-8-4-2-5-9-15)29-22(31-23)28-16-10-6-3-7-11-16/h2-13,33H,1H3,(H3,27,28,29,30,31,32)/b26-13+. The summed E-state index contributed by atoms with van der Waals surface area (Å²) in [6.07, 6.45) is 1.55. The second kappa shape index (κ2) is 10.9. The molecule has 0 atom stereocenters. The maximum Gasteiger partial charge on any atom is 0.250 e. The normalized spacial score (nSPS) is 10.8. The van der Waals surface area contributed by atoms with Gasteiger partial charge in [-0.1, -0.05) is 36.4 Å². The van der Waals surface area contributed by atoms with Gasteiger partial charge in [-0.3, -0.25) is 0 Å². The topological polar surface area (TPSA) is 117 Å². The number of hydrazone groups is 1. The number of hydrogen-bond donors (Lipinski definition) is 4. The monoisotopic (exact) mass is 583 g/mol. The molecule has 0 radical (unpaired) electrons. The van der Waals surface area contributed by atoms with Crippen LogP contribution in [0, 0.1) is 0 Å². The number of aromatic hydroxyl groups is 1. The molecule has 0 spiro atoms. The Morgan fingerprint density at radius 3 is 1.88 bits per heavy atom. The summed E-state index contributed by atoms with van der Waals surface area (Å²) >= 11 is 6.77. The Kier molecular flexibility index (Phi) is 7.55. The van der Waals surface area contributed by atoms with Crippen molar-refractivity contribution in [3.63, 3.8) is 0 Å². The molecule has 3 aromatic carbocycles. The number of nitrogens with one attached hydrogen (secondary N) is 3. The van der Waals surface area contributed by atoms with Crippen molar-refractivity contribution in [2.75, 3.05) is 23.2 Å². The van der Waals surface area contributed by atoms with Crippen LogP contribution in [0.25, 0.3) is 0 Å². The number of nitrogens with zero attached hydrogens (tertiary/aromatic N) is 4. The molecule has 4 aromatic rings. The average Bonchev–Trinajstić information content (AvgIpc) is 2.85. The second-order valence-electron chi connectivity index (χ2n) is 6.80. The molecule has 4 N–H and O–H groups in total. The summed E-state index contributed by atoms with van der Waals surface area (Å²) in [5.74, 6) is 1.20. The number of methoxy groups -OCH3 is 1. The summed E-state index contributed by atoms with van der Waals surface area (Å²) in [5, 5.41) is 20.7. The molecule has 11 heteroatoms. The fourth-order valence-electron chi connectivity index (χ4n) is 2.86. The molecule has 0 bridgehead atoms. The van der Waals surface area contributed by atoms with Crippen LogP contribution in [0.2, 0.25) is 0 Å². The third-order valence-corrected chi connectivity index (χ3v) is 6.62. The third kappa shape index (κ3) is 5.80. The quantitative estimate of drug-likeness (QED) is 0.146. The van der Waals surface area contributed by atoms with E-state index in [-0.39, 0.29) is 11.7 Å². The zero-order valence-corrected chi connectivity index (χ0v) is 21.0. The van der Waals surface area contributed by atoms with Gasteiger partial charge < -0.3 is 20.5 Å². The van der Waals surface area contributed by atoms with Crippen molar-refractivity contribution in [2.45, 2.75) is 0 Å². The predicted octanol–water partition coefficient (Wildman–Crippen LogP) is 6.04. The van der Waals surface area contributed by atoms with E-state index in [0.717, 1.165) is 11.4 Å². The molecule has 0 fully saturated rings. The van der Waals surface area contributed by atoms with Crippen LogP contribution in [0.15, 0.2) is 80.8 Å². The zero-order chi connectivity index (χ0) is 23.9. The minimum Gasteiger partial charge on any atom is -0.503 e. The lowest BCUT2D eigenvalue weighted by atomic mass is 10.2. The summed E-state index contributed by atoms with van der Waals surface area (Å²) in [6.45, 7) is 0. The fraction of sp³-hybridized carbons (Fsp3) is 0.0435. The number of hydrogen-bond acceptors (Lipinski definition) is 9. The smallest absolute Gasteiger partial charge is 0.250 e.